The molecule has 0 saturated carbocycles. The van der Waals surface area contributed by atoms with Gasteiger partial charge in [-0.15, -0.1) is 6.58 Å². The second-order valence-electron chi connectivity index (χ2n) is 9.39. The monoisotopic (exact) mass is 417 g/mol. The van der Waals surface area contributed by atoms with Crippen LogP contribution < -0.4 is 10.6 Å². The molecule has 0 bridgehead atoms. The molecule has 31 heavy (non-hydrogen) atoms. The summed E-state index contributed by atoms with van der Waals surface area (Å²) in [4.78, 5) is 28.6. The summed E-state index contributed by atoms with van der Waals surface area (Å²) in [5.74, 6) is -0.0206. The third-order valence-corrected chi connectivity index (χ3v) is 7.50. The quantitative estimate of drug-likeness (QED) is 0.668. The van der Waals surface area contributed by atoms with Gasteiger partial charge in [-0.2, -0.15) is 0 Å². The number of carbonyl (C=O) groups excluding carboxylic acids is 2. The molecule has 0 unspecified atom stereocenters. The predicted molar refractivity (Wildman–Crippen MR) is 119 cm³/mol. The average molecular weight is 418 g/mol. The van der Waals surface area contributed by atoms with Gasteiger partial charge in [-0.1, -0.05) is 50.3 Å². The third-order valence-electron chi connectivity index (χ3n) is 7.50. The van der Waals surface area contributed by atoms with E-state index in [0.29, 0.717) is 12.8 Å². The van der Waals surface area contributed by atoms with Crippen molar-refractivity contribution in [2.24, 2.45) is 5.41 Å². The number of amides is 2. The zero-order valence-corrected chi connectivity index (χ0v) is 17.8. The number of nitrogens with one attached hydrogen (secondary N) is 2. The van der Waals surface area contributed by atoms with E-state index < -0.39 is 17.5 Å². The second-order valence-corrected chi connectivity index (χ2v) is 9.39. The van der Waals surface area contributed by atoms with E-state index in [4.69, 9.17) is 0 Å². The standard InChI is InChI=1S/C25H27N3O3/c1-4-24(2,3)25-14-20-21(30)26-19(13-15-9-11-16(29)12-10-15)22(31)28(20)23(25)27-18-8-6-5-7-17(18)25/h4-12,19-20,23,27,29H,1,13-14H2,2-3H3,(H,26,30)/t19-,20+,23+,25-/m0/s1. The lowest BCUT2D eigenvalue weighted by atomic mass is 9.60. The molecule has 3 heterocycles. The van der Waals surface area contributed by atoms with E-state index in [1.807, 2.05) is 24.3 Å². The first-order valence-corrected chi connectivity index (χ1v) is 10.7. The summed E-state index contributed by atoms with van der Waals surface area (Å²) in [6.45, 7) is 8.35. The first-order valence-electron chi connectivity index (χ1n) is 10.7. The number of hydrogen-bond donors (Lipinski definition) is 3. The number of hydrogen-bond acceptors (Lipinski definition) is 4. The first-order chi connectivity index (χ1) is 14.8. The van der Waals surface area contributed by atoms with Crippen molar-refractivity contribution in [3.05, 3.63) is 72.3 Å². The highest BCUT2D eigenvalue weighted by Crippen LogP contribution is 2.60. The Kier molecular flexibility index (Phi) is 4.19. The lowest BCUT2D eigenvalue weighted by Gasteiger charge is -2.44. The van der Waals surface area contributed by atoms with Crippen molar-refractivity contribution in [2.75, 3.05) is 5.32 Å². The molecule has 6 heteroatoms. The molecule has 4 atom stereocenters. The molecule has 5 rings (SSSR count). The van der Waals surface area contributed by atoms with Crippen LogP contribution >= 0.6 is 0 Å². The van der Waals surface area contributed by atoms with Gasteiger partial charge in [-0.3, -0.25) is 9.59 Å². The maximum atomic E-state index is 13.7. The summed E-state index contributed by atoms with van der Waals surface area (Å²) < 4.78 is 0. The zero-order chi connectivity index (χ0) is 22.0. The summed E-state index contributed by atoms with van der Waals surface area (Å²) in [7, 11) is 0. The third kappa shape index (κ3) is 2.63. The Morgan fingerprint density at radius 2 is 1.87 bits per heavy atom. The lowest BCUT2D eigenvalue weighted by Crippen LogP contribution is -2.64. The molecule has 3 aliphatic heterocycles. The van der Waals surface area contributed by atoms with Crippen LogP contribution in [0, 0.1) is 5.41 Å². The van der Waals surface area contributed by atoms with Crippen LogP contribution in [-0.2, 0) is 21.4 Å². The fourth-order valence-corrected chi connectivity index (χ4v) is 5.69. The van der Waals surface area contributed by atoms with Crippen molar-refractivity contribution >= 4 is 17.5 Å². The molecule has 2 aromatic carbocycles. The Morgan fingerprint density at radius 1 is 1.16 bits per heavy atom. The molecular weight excluding hydrogens is 390 g/mol. The number of aromatic hydroxyl groups is 1. The highest BCUT2D eigenvalue weighted by Gasteiger charge is 2.67. The van der Waals surface area contributed by atoms with Gasteiger partial charge < -0.3 is 20.6 Å². The molecule has 2 saturated heterocycles. The average Bonchev–Trinajstić information content (AvgIpc) is 3.27. The summed E-state index contributed by atoms with van der Waals surface area (Å²) in [5.41, 5.74) is 2.23. The van der Waals surface area contributed by atoms with Crippen LogP contribution in [0.4, 0.5) is 5.69 Å². The first kappa shape index (κ1) is 19.7. The number of anilines is 1. The Labute approximate surface area is 182 Å². The highest BCUT2D eigenvalue weighted by atomic mass is 16.3. The SMILES string of the molecule is C=CC(C)(C)[C@]12C[C@@H]3C(=O)N[C@@H](Cc4ccc(O)cc4)C(=O)N3[C@H]1Nc1ccccc12. The van der Waals surface area contributed by atoms with Gasteiger partial charge in [0.15, 0.2) is 0 Å². The van der Waals surface area contributed by atoms with Crippen molar-refractivity contribution in [3.8, 4) is 5.75 Å². The molecule has 3 aliphatic rings. The number of carbonyl (C=O) groups is 2. The minimum Gasteiger partial charge on any atom is -0.508 e. The van der Waals surface area contributed by atoms with Crippen LogP contribution in [0.25, 0.3) is 0 Å². The smallest absolute Gasteiger partial charge is 0.247 e. The number of piperazine rings is 1. The molecule has 0 spiro atoms. The molecule has 0 radical (unpaired) electrons. The number of nitrogens with zero attached hydrogens (tertiary/aromatic N) is 1. The van der Waals surface area contributed by atoms with Crippen molar-refractivity contribution in [3.63, 3.8) is 0 Å². The summed E-state index contributed by atoms with van der Waals surface area (Å²) in [6, 6.07) is 13.7. The number of para-hydroxylation sites is 1. The number of allylic oxidation sites excluding steroid dienone is 1. The maximum absolute atomic E-state index is 13.7. The van der Waals surface area contributed by atoms with Crippen LogP contribution in [0.15, 0.2) is 61.2 Å². The van der Waals surface area contributed by atoms with Gasteiger partial charge >= 0.3 is 0 Å². The van der Waals surface area contributed by atoms with E-state index in [9.17, 15) is 14.7 Å². The Morgan fingerprint density at radius 3 is 2.58 bits per heavy atom. The molecule has 2 fully saturated rings. The van der Waals surface area contributed by atoms with Gasteiger partial charge in [0, 0.05) is 17.5 Å². The van der Waals surface area contributed by atoms with Crippen LogP contribution in [0.3, 0.4) is 0 Å². The van der Waals surface area contributed by atoms with E-state index in [1.165, 1.54) is 0 Å². The van der Waals surface area contributed by atoms with Gasteiger partial charge in [-0.25, -0.2) is 0 Å². The molecular formula is C25H27N3O3. The number of fused-ring (bicyclic) bond motifs is 5. The fourth-order valence-electron chi connectivity index (χ4n) is 5.69. The topological polar surface area (TPSA) is 81.7 Å². The number of rotatable bonds is 4. The Balaban J connectivity index is 1.55. The van der Waals surface area contributed by atoms with E-state index in [1.54, 1.807) is 29.2 Å². The summed E-state index contributed by atoms with van der Waals surface area (Å²) in [6.07, 6.45) is 2.55. The van der Waals surface area contributed by atoms with Crippen LogP contribution in [-0.4, -0.2) is 40.1 Å². The molecule has 2 amide bonds. The van der Waals surface area contributed by atoms with Crippen molar-refractivity contribution in [2.45, 2.75) is 50.4 Å². The van der Waals surface area contributed by atoms with E-state index in [-0.39, 0.29) is 29.1 Å². The maximum Gasteiger partial charge on any atom is 0.247 e. The molecule has 0 aliphatic carbocycles. The Hall–Kier alpha value is -3.28. The van der Waals surface area contributed by atoms with Gasteiger partial charge in [0.1, 0.15) is 24.0 Å². The molecule has 3 N–H and O–H groups in total. The summed E-state index contributed by atoms with van der Waals surface area (Å²) in [5, 5.41) is 16.1. The van der Waals surface area contributed by atoms with Crippen LogP contribution in [0.5, 0.6) is 5.75 Å². The van der Waals surface area contributed by atoms with Crippen molar-refractivity contribution < 1.29 is 14.7 Å². The number of phenolic OH excluding ortho intramolecular Hbond substituents is 1. The van der Waals surface area contributed by atoms with E-state index in [0.717, 1.165) is 16.8 Å². The summed E-state index contributed by atoms with van der Waals surface area (Å²) >= 11 is 0. The molecule has 6 nitrogen and oxygen atoms in total. The molecule has 160 valence electrons. The molecule has 2 aromatic rings. The van der Waals surface area contributed by atoms with Gasteiger partial charge in [-0.05, 0) is 41.2 Å². The predicted octanol–water partition coefficient (Wildman–Crippen LogP) is 2.94. The zero-order valence-electron chi connectivity index (χ0n) is 17.8. The lowest BCUT2D eigenvalue weighted by molar-refractivity contribution is -0.148. The number of benzene rings is 2. The number of phenols is 1. The highest BCUT2D eigenvalue weighted by molar-refractivity contribution is 5.99. The van der Waals surface area contributed by atoms with Crippen LogP contribution in [0.1, 0.15) is 31.4 Å². The fraction of sp³-hybridized carbons (Fsp3) is 0.360. The van der Waals surface area contributed by atoms with Gasteiger partial charge in [0.25, 0.3) is 0 Å². The molecule has 0 aromatic heterocycles. The largest absolute Gasteiger partial charge is 0.508 e. The van der Waals surface area contributed by atoms with Crippen molar-refractivity contribution in [1.82, 2.24) is 10.2 Å². The van der Waals surface area contributed by atoms with Crippen molar-refractivity contribution in [1.29, 1.82) is 0 Å². The minimum atomic E-state index is -0.638. The van der Waals surface area contributed by atoms with Gasteiger partial charge in [0.05, 0.1) is 0 Å². The second kappa shape index (κ2) is 6.61. The van der Waals surface area contributed by atoms with E-state index >= 15 is 0 Å². The van der Waals surface area contributed by atoms with Gasteiger partial charge in [0.2, 0.25) is 11.8 Å². The minimum absolute atomic E-state index is 0.0790. The Bertz CT molecular complexity index is 1080. The van der Waals surface area contributed by atoms with Crippen LogP contribution in [0.2, 0.25) is 0 Å². The van der Waals surface area contributed by atoms with E-state index in [2.05, 4.69) is 37.1 Å². The normalized spacial score (nSPS) is 29.0.